The highest BCUT2D eigenvalue weighted by Gasteiger charge is 2.30. The zero-order valence-electron chi connectivity index (χ0n) is 10.3. The molecule has 1 heterocycles. The lowest BCUT2D eigenvalue weighted by molar-refractivity contribution is -0.434. The van der Waals surface area contributed by atoms with Crippen molar-refractivity contribution in [1.29, 1.82) is 0 Å². The van der Waals surface area contributed by atoms with E-state index in [9.17, 15) is 4.79 Å². The van der Waals surface area contributed by atoms with Gasteiger partial charge in [-0.15, -0.1) is 0 Å². The molecule has 0 saturated carbocycles. The highest BCUT2D eigenvalue weighted by molar-refractivity contribution is 8.14. The van der Waals surface area contributed by atoms with E-state index in [1.165, 1.54) is 11.8 Å². The number of ether oxygens (including phenoxy) is 1. The maximum absolute atomic E-state index is 11.4. The van der Waals surface area contributed by atoms with Gasteiger partial charge in [-0.1, -0.05) is 18.2 Å². The molecule has 0 bridgehead atoms. The largest absolute Gasteiger partial charge is 0.465 e. The van der Waals surface area contributed by atoms with Crippen LogP contribution in [0.1, 0.15) is 13.3 Å². The molecule has 1 aromatic rings. The molecule has 96 valence electrons. The van der Waals surface area contributed by atoms with E-state index >= 15 is 0 Å². The van der Waals surface area contributed by atoms with E-state index in [4.69, 9.17) is 10.5 Å². The van der Waals surface area contributed by atoms with Crippen molar-refractivity contribution in [3.05, 3.63) is 30.3 Å². The second kappa shape index (κ2) is 5.91. The first-order valence-electron chi connectivity index (χ1n) is 6.00. The van der Waals surface area contributed by atoms with Gasteiger partial charge in [-0.05, 0) is 30.8 Å². The van der Waals surface area contributed by atoms with E-state index in [1.807, 2.05) is 41.8 Å². The summed E-state index contributed by atoms with van der Waals surface area (Å²) >= 11 is 1.39. The predicted octanol–water partition coefficient (Wildman–Crippen LogP) is 1.71. The van der Waals surface area contributed by atoms with Gasteiger partial charge in [-0.25, -0.2) is 4.58 Å². The predicted molar refractivity (Wildman–Crippen MR) is 73.1 cm³/mol. The maximum Gasteiger partial charge on any atom is 0.319 e. The van der Waals surface area contributed by atoms with Crippen LogP contribution in [0.15, 0.2) is 30.3 Å². The van der Waals surface area contributed by atoms with Gasteiger partial charge in [0.05, 0.1) is 13.2 Å². The molecule has 0 amide bonds. The van der Waals surface area contributed by atoms with Crippen LogP contribution in [0, 0.1) is 0 Å². The highest BCUT2D eigenvalue weighted by atomic mass is 32.2. The summed E-state index contributed by atoms with van der Waals surface area (Å²) in [6.45, 7) is 3.30. The van der Waals surface area contributed by atoms with Gasteiger partial charge in [0.2, 0.25) is 0 Å². The van der Waals surface area contributed by atoms with Crippen LogP contribution in [-0.2, 0) is 9.53 Å². The molecule has 5 heteroatoms. The van der Waals surface area contributed by atoms with Crippen molar-refractivity contribution in [2.24, 2.45) is 5.73 Å². The number of nitrogens with two attached hydrogens (primary N) is 1. The number of para-hydroxylation sites is 1. The standard InChI is InChI=1S/C13H16N2O2S/c1-2-15(10-6-4-3-5-7-10)13(14)18-11-8-9-17-12(11)16/h3-7,11,14H,2,8-9H2,1H3/p+1. The molecular weight excluding hydrogens is 248 g/mol. The Morgan fingerprint density at radius 1 is 1.50 bits per heavy atom. The number of esters is 1. The first kappa shape index (κ1) is 13.0. The number of amidine groups is 1. The summed E-state index contributed by atoms with van der Waals surface area (Å²) in [6, 6.07) is 9.92. The molecule has 18 heavy (non-hydrogen) atoms. The van der Waals surface area contributed by atoms with Gasteiger partial charge in [-0.2, -0.15) is 0 Å². The fourth-order valence-electron chi connectivity index (χ4n) is 1.87. The summed E-state index contributed by atoms with van der Waals surface area (Å²) in [6.07, 6.45) is 0.733. The Kier molecular flexibility index (Phi) is 4.25. The molecule has 2 N–H and O–H groups in total. The van der Waals surface area contributed by atoms with Gasteiger partial charge in [0.1, 0.15) is 10.9 Å². The Labute approximate surface area is 111 Å². The Hall–Kier alpha value is -1.49. The monoisotopic (exact) mass is 265 g/mol. The average Bonchev–Trinajstić information content (AvgIpc) is 2.77. The summed E-state index contributed by atoms with van der Waals surface area (Å²) < 4.78 is 6.93. The molecule has 1 aromatic carbocycles. The number of carbonyl (C=O) groups excluding carboxylic acids is 1. The Bertz CT molecular complexity index is 459. The number of benzene rings is 1. The maximum atomic E-state index is 11.4. The molecule has 1 unspecified atom stereocenters. The third kappa shape index (κ3) is 2.85. The number of rotatable bonds is 3. The third-order valence-electron chi connectivity index (χ3n) is 2.80. The van der Waals surface area contributed by atoms with E-state index in [2.05, 4.69) is 0 Å². The zero-order chi connectivity index (χ0) is 13.0. The summed E-state index contributed by atoms with van der Waals surface area (Å²) in [7, 11) is 0. The molecule has 0 aliphatic carbocycles. The van der Waals surface area contributed by atoms with Crippen molar-refractivity contribution in [3.8, 4) is 0 Å². The minimum atomic E-state index is -0.164. The molecule has 0 spiro atoms. The topological polar surface area (TPSA) is 55.3 Å². The zero-order valence-corrected chi connectivity index (χ0v) is 11.2. The minimum Gasteiger partial charge on any atom is -0.465 e. The molecule has 1 aliphatic rings. The minimum absolute atomic E-state index is 0.160. The molecule has 1 aliphatic heterocycles. The number of hydrogen-bond acceptors (Lipinski definition) is 3. The smallest absolute Gasteiger partial charge is 0.319 e. The lowest BCUT2D eigenvalue weighted by Gasteiger charge is -2.08. The SMILES string of the molecule is CC[N+](=C(N)SC1CCOC1=O)c1ccccc1. The van der Waals surface area contributed by atoms with Gasteiger partial charge in [0.25, 0.3) is 0 Å². The van der Waals surface area contributed by atoms with Crippen molar-refractivity contribution in [1.82, 2.24) is 0 Å². The van der Waals surface area contributed by atoms with Gasteiger partial charge in [-0.3, -0.25) is 10.5 Å². The molecular formula is C13H17N2O2S+. The van der Waals surface area contributed by atoms with Crippen molar-refractivity contribution in [2.45, 2.75) is 18.6 Å². The number of carbonyl (C=O) groups is 1. The molecule has 1 saturated heterocycles. The second-order valence-corrected chi connectivity index (χ2v) is 5.20. The van der Waals surface area contributed by atoms with Crippen molar-refractivity contribution >= 4 is 28.6 Å². The molecule has 2 rings (SSSR count). The van der Waals surface area contributed by atoms with Gasteiger partial charge >= 0.3 is 11.1 Å². The molecule has 1 fully saturated rings. The number of hydrogen-bond donors (Lipinski definition) is 1. The van der Waals surface area contributed by atoms with Crippen LogP contribution < -0.4 is 5.73 Å². The Balaban J connectivity index is 2.19. The second-order valence-electron chi connectivity index (χ2n) is 3.98. The van der Waals surface area contributed by atoms with Crippen LogP contribution in [-0.4, -0.2) is 34.1 Å². The van der Waals surface area contributed by atoms with Gasteiger partial charge in [0, 0.05) is 6.42 Å². The van der Waals surface area contributed by atoms with Gasteiger partial charge in [0.15, 0.2) is 0 Å². The van der Waals surface area contributed by atoms with Crippen LogP contribution >= 0.6 is 11.8 Å². The average molecular weight is 265 g/mol. The van der Waals surface area contributed by atoms with Crippen LogP contribution in [0.2, 0.25) is 0 Å². The molecule has 1 atom stereocenters. The highest BCUT2D eigenvalue weighted by Crippen LogP contribution is 2.23. The summed E-state index contributed by atoms with van der Waals surface area (Å²) in [5.74, 6) is -0.160. The van der Waals surface area contributed by atoms with E-state index in [1.54, 1.807) is 0 Å². The fourth-order valence-corrected chi connectivity index (χ4v) is 2.90. The molecule has 4 nitrogen and oxygen atoms in total. The first-order valence-corrected chi connectivity index (χ1v) is 6.88. The van der Waals surface area contributed by atoms with E-state index in [0.717, 1.165) is 18.7 Å². The van der Waals surface area contributed by atoms with Crippen molar-refractivity contribution in [2.75, 3.05) is 13.2 Å². The van der Waals surface area contributed by atoms with Gasteiger partial charge < -0.3 is 4.74 Å². The molecule has 0 radical (unpaired) electrons. The first-order chi connectivity index (χ1) is 8.72. The van der Waals surface area contributed by atoms with Crippen LogP contribution in [0.25, 0.3) is 0 Å². The van der Waals surface area contributed by atoms with E-state index in [0.29, 0.717) is 11.8 Å². The van der Waals surface area contributed by atoms with E-state index in [-0.39, 0.29) is 11.2 Å². The Morgan fingerprint density at radius 3 is 2.78 bits per heavy atom. The normalized spacial score (nSPS) is 20.5. The molecule has 0 aromatic heterocycles. The number of thioether (sulfide) groups is 1. The number of cyclic esters (lactones) is 1. The summed E-state index contributed by atoms with van der Waals surface area (Å²) in [5, 5.41) is 0.482. The summed E-state index contributed by atoms with van der Waals surface area (Å²) in [5.41, 5.74) is 7.14. The van der Waals surface area contributed by atoms with Crippen LogP contribution in [0.3, 0.4) is 0 Å². The van der Waals surface area contributed by atoms with Crippen LogP contribution in [0.5, 0.6) is 0 Å². The van der Waals surface area contributed by atoms with Crippen molar-refractivity contribution in [3.63, 3.8) is 0 Å². The third-order valence-corrected chi connectivity index (χ3v) is 3.97. The quantitative estimate of drug-likeness (QED) is 0.391. The number of nitrogens with zero attached hydrogens (tertiary/aromatic N) is 1. The lowest BCUT2D eigenvalue weighted by Crippen LogP contribution is -2.26. The van der Waals surface area contributed by atoms with E-state index < -0.39 is 0 Å². The Morgan fingerprint density at radius 2 is 2.22 bits per heavy atom. The van der Waals surface area contributed by atoms with Crippen molar-refractivity contribution < 1.29 is 14.1 Å². The summed E-state index contributed by atoms with van der Waals surface area (Å²) in [4.78, 5) is 11.4. The van der Waals surface area contributed by atoms with Crippen LogP contribution in [0.4, 0.5) is 5.69 Å². The lowest BCUT2D eigenvalue weighted by atomic mass is 10.3. The fraction of sp³-hybridized carbons (Fsp3) is 0.385.